The molecule has 0 heterocycles. The Labute approximate surface area is 160 Å². The van der Waals surface area contributed by atoms with Crippen molar-refractivity contribution in [2.45, 2.75) is 40.0 Å². The molecule has 2 atom stereocenters. The van der Waals surface area contributed by atoms with Crippen molar-refractivity contribution in [3.63, 3.8) is 0 Å². The van der Waals surface area contributed by atoms with E-state index in [4.69, 9.17) is 9.47 Å². The Kier molecular flexibility index (Phi) is 5.70. The molecule has 0 spiro atoms. The zero-order valence-corrected chi connectivity index (χ0v) is 16.2. The largest absolute Gasteiger partial charge is 0.465 e. The molecule has 0 aromatic heterocycles. The number of carbonyl (C=O) groups excluding carboxylic acids is 2. The van der Waals surface area contributed by atoms with Crippen LogP contribution in [0.3, 0.4) is 0 Å². The second kappa shape index (κ2) is 7.85. The van der Waals surface area contributed by atoms with Crippen molar-refractivity contribution in [2.24, 2.45) is 17.3 Å². The van der Waals surface area contributed by atoms with Crippen LogP contribution in [0, 0.1) is 23.4 Å². The molecule has 0 bridgehead atoms. The molecule has 1 N–H and O–H groups in total. The number of aliphatic hydroxyl groups is 1. The summed E-state index contributed by atoms with van der Waals surface area (Å²) in [5.41, 5.74) is 1.70. The molecular formula is C22H27O5. The number of allylic oxidation sites excluding steroid dienone is 1. The summed E-state index contributed by atoms with van der Waals surface area (Å²) in [6.45, 7) is 5.92. The molecule has 5 heteroatoms. The molecule has 0 amide bonds. The maximum Gasteiger partial charge on any atom is 0.323 e. The smallest absolute Gasteiger partial charge is 0.323 e. The summed E-state index contributed by atoms with van der Waals surface area (Å²) in [7, 11) is 0. The monoisotopic (exact) mass is 371 g/mol. The summed E-state index contributed by atoms with van der Waals surface area (Å²) in [4.78, 5) is 25.3. The van der Waals surface area contributed by atoms with E-state index in [-0.39, 0.29) is 25.0 Å². The van der Waals surface area contributed by atoms with Crippen LogP contribution in [0.5, 0.6) is 0 Å². The third-order valence-corrected chi connectivity index (χ3v) is 5.86. The highest BCUT2D eigenvalue weighted by Crippen LogP contribution is 2.56. The number of benzene rings is 1. The third kappa shape index (κ3) is 3.41. The minimum Gasteiger partial charge on any atom is -0.465 e. The van der Waals surface area contributed by atoms with Gasteiger partial charge in [0.15, 0.2) is 5.41 Å². The lowest BCUT2D eigenvalue weighted by Gasteiger charge is -2.26. The summed E-state index contributed by atoms with van der Waals surface area (Å²) >= 11 is 0. The minimum absolute atomic E-state index is 0.0743. The van der Waals surface area contributed by atoms with Gasteiger partial charge in [0.1, 0.15) is 6.10 Å². The highest BCUT2D eigenvalue weighted by molar-refractivity contribution is 6.01. The summed E-state index contributed by atoms with van der Waals surface area (Å²) in [5.74, 6) is -0.985. The van der Waals surface area contributed by atoms with Crippen LogP contribution in [-0.4, -0.2) is 30.3 Å². The van der Waals surface area contributed by atoms with Gasteiger partial charge >= 0.3 is 11.9 Å². The fourth-order valence-electron chi connectivity index (χ4n) is 4.52. The van der Waals surface area contributed by atoms with Crippen LogP contribution >= 0.6 is 0 Å². The van der Waals surface area contributed by atoms with Crippen molar-refractivity contribution in [3.8, 4) is 0 Å². The Balaban J connectivity index is 1.88. The summed E-state index contributed by atoms with van der Waals surface area (Å²) in [6.07, 6.45) is 1.76. The van der Waals surface area contributed by atoms with Crippen LogP contribution in [-0.2, 0) is 19.1 Å². The molecule has 0 aliphatic heterocycles. The van der Waals surface area contributed by atoms with Gasteiger partial charge < -0.3 is 14.6 Å². The lowest BCUT2D eigenvalue weighted by atomic mass is 9.81. The average Bonchev–Trinajstić information content (AvgIpc) is 3.19. The molecule has 0 saturated heterocycles. The topological polar surface area (TPSA) is 72.8 Å². The van der Waals surface area contributed by atoms with E-state index in [9.17, 15) is 14.7 Å². The molecule has 1 saturated carbocycles. The second-order valence-corrected chi connectivity index (χ2v) is 7.35. The van der Waals surface area contributed by atoms with E-state index in [1.165, 1.54) is 0 Å². The number of fused-ring (bicyclic) bond motifs is 1. The third-order valence-electron chi connectivity index (χ3n) is 5.86. The first kappa shape index (κ1) is 19.6. The molecule has 1 fully saturated rings. The number of rotatable bonds is 6. The van der Waals surface area contributed by atoms with Gasteiger partial charge in [-0.2, -0.15) is 0 Å². The Bertz CT molecular complexity index is 718. The van der Waals surface area contributed by atoms with Gasteiger partial charge in [-0.1, -0.05) is 41.5 Å². The first-order valence-electron chi connectivity index (χ1n) is 9.59. The average molecular weight is 371 g/mol. The molecule has 5 nitrogen and oxygen atoms in total. The maximum absolute atomic E-state index is 12.7. The van der Waals surface area contributed by atoms with Crippen molar-refractivity contribution >= 4 is 11.9 Å². The van der Waals surface area contributed by atoms with Crippen LogP contribution < -0.4 is 0 Å². The standard InChI is InChI=1S/C22H27O5/c1-4-26-20(24)22(21(25)27-5-2)12-16-11-17(14(3)18(16)13-22)19(23)15-9-7-6-8-10-15/h6-10,16-17,23H,4-5,11-13H2,1-3H3/t16-,17-/m0/s1. The summed E-state index contributed by atoms with van der Waals surface area (Å²) in [5, 5.41) is 10.8. The van der Waals surface area contributed by atoms with Gasteiger partial charge in [-0.25, -0.2) is 0 Å². The number of carbonyl (C=O) groups is 2. The van der Waals surface area contributed by atoms with E-state index in [2.05, 4.69) is 0 Å². The molecule has 1 radical (unpaired) electrons. The van der Waals surface area contributed by atoms with E-state index in [1.807, 2.05) is 37.3 Å². The van der Waals surface area contributed by atoms with Crippen LogP contribution in [0.4, 0.5) is 0 Å². The van der Waals surface area contributed by atoms with Crippen molar-refractivity contribution in [1.29, 1.82) is 0 Å². The van der Waals surface area contributed by atoms with Gasteiger partial charge in [-0.3, -0.25) is 9.59 Å². The lowest BCUT2D eigenvalue weighted by molar-refractivity contribution is -0.171. The summed E-state index contributed by atoms with van der Waals surface area (Å²) < 4.78 is 10.4. The van der Waals surface area contributed by atoms with Gasteiger partial charge in [0.25, 0.3) is 0 Å². The SMILES string of the molecule is CCOC(=O)C1(C(=O)OCC)CC2=C(C)[C@@H]([C](O)c3ccccc3)C[C@H]2C1. The van der Waals surface area contributed by atoms with Crippen molar-refractivity contribution < 1.29 is 24.2 Å². The van der Waals surface area contributed by atoms with E-state index in [0.29, 0.717) is 25.4 Å². The Hall–Kier alpha value is -2.14. The van der Waals surface area contributed by atoms with E-state index < -0.39 is 17.4 Å². The van der Waals surface area contributed by atoms with Crippen LogP contribution in [0.2, 0.25) is 0 Å². The fourth-order valence-corrected chi connectivity index (χ4v) is 4.52. The Morgan fingerprint density at radius 2 is 1.70 bits per heavy atom. The number of hydrogen-bond acceptors (Lipinski definition) is 5. The van der Waals surface area contributed by atoms with Crippen LogP contribution in [0.25, 0.3) is 0 Å². The normalized spacial score (nSPS) is 23.4. The molecule has 27 heavy (non-hydrogen) atoms. The number of ether oxygens (including phenoxy) is 2. The molecule has 0 unspecified atom stereocenters. The van der Waals surface area contributed by atoms with Gasteiger partial charge in [-0.15, -0.1) is 0 Å². The van der Waals surface area contributed by atoms with Gasteiger partial charge in [0, 0.05) is 5.92 Å². The van der Waals surface area contributed by atoms with Crippen LogP contribution in [0.1, 0.15) is 45.6 Å². The molecule has 1 aromatic carbocycles. The molecule has 2 aliphatic rings. The number of hydrogen-bond donors (Lipinski definition) is 1. The molecule has 3 rings (SSSR count). The molecular weight excluding hydrogens is 344 g/mol. The zero-order valence-electron chi connectivity index (χ0n) is 16.2. The van der Waals surface area contributed by atoms with E-state index in [1.54, 1.807) is 13.8 Å². The Morgan fingerprint density at radius 3 is 2.22 bits per heavy atom. The lowest BCUT2D eigenvalue weighted by Crippen LogP contribution is -2.40. The molecule has 145 valence electrons. The maximum atomic E-state index is 12.7. The minimum atomic E-state index is -1.25. The number of esters is 2. The van der Waals surface area contributed by atoms with Gasteiger partial charge in [-0.05, 0) is 51.5 Å². The second-order valence-electron chi connectivity index (χ2n) is 7.35. The molecule has 2 aliphatic carbocycles. The highest BCUT2D eigenvalue weighted by atomic mass is 16.6. The van der Waals surface area contributed by atoms with E-state index in [0.717, 1.165) is 16.7 Å². The Morgan fingerprint density at radius 1 is 1.11 bits per heavy atom. The highest BCUT2D eigenvalue weighted by Gasteiger charge is 2.58. The van der Waals surface area contributed by atoms with Crippen molar-refractivity contribution in [2.75, 3.05) is 13.2 Å². The summed E-state index contributed by atoms with van der Waals surface area (Å²) in [6, 6.07) is 9.50. The van der Waals surface area contributed by atoms with E-state index >= 15 is 0 Å². The quantitative estimate of drug-likeness (QED) is 0.468. The first-order chi connectivity index (χ1) is 12.9. The predicted octanol–water partition coefficient (Wildman–Crippen LogP) is 3.80. The fraction of sp³-hybridized carbons (Fsp3) is 0.500. The van der Waals surface area contributed by atoms with Crippen LogP contribution in [0.15, 0.2) is 41.5 Å². The van der Waals surface area contributed by atoms with Gasteiger partial charge in [0.2, 0.25) is 0 Å². The first-order valence-corrected chi connectivity index (χ1v) is 9.59. The van der Waals surface area contributed by atoms with Gasteiger partial charge in [0.05, 0.1) is 13.2 Å². The van der Waals surface area contributed by atoms with Crippen molar-refractivity contribution in [3.05, 3.63) is 53.1 Å². The van der Waals surface area contributed by atoms with Crippen molar-refractivity contribution in [1.82, 2.24) is 0 Å². The zero-order chi connectivity index (χ0) is 19.6. The predicted molar refractivity (Wildman–Crippen MR) is 100.0 cm³/mol. The molecule has 1 aromatic rings. The number of aliphatic hydroxyl groups excluding tert-OH is 1.